The summed E-state index contributed by atoms with van der Waals surface area (Å²) >= 11 is 0. The number of hydrogen-bond acceptors (Lipinski definition) is 2. The van der Waals surface area contributed by atoms with Gasteiger partial charge in [-0.3, -0.25) is 9.59 Å². The fourth-order valence-corrected chi connectivity index (χ4v) is 3.79. The highest BCUT2D eigenvalue weighted by Gasteiger charge is 2.18. The van der Waals surface area contributed by atoms with Crippen molar-refractivity contribution in [3.8, 4) is 11.1 Å². The molecule has 0 atom stereocenters. The van der Waals surface area contributed by atoms with Gasteiger partial charge in [-0.1, -0.05) is 81.4 Å². The Hall–Kier alpha value is -3.66. The highest BCUT2D eigenvalue weighted by Crippen LogP contribution is 2.29. The minimum atomic E-state index is -0.150. The van der Waals surface area contributed by atoms with Crippen molar-refractivity contribution in [3.63, 3.8) is 0 Å². The molecule has 0 unspecified atom stereocenters. The monoisotopic (exact) mass is 410 g/mol. The molecule has 0 bridgehead atoms. The summed E-state index contributed by atoms with van der Waals surface area (Å²) in [6.45, 7) is 6.25. The molecule has 0 aliphatic rings. The van der Waals surface area contributed by atoms with Gasteiger partial charge in [-0.05, 0) is 39.8 Å². The zero-order valence-electron chi connectivity index (χ0n) is 18.0. The number of carbonyl (C=O) groups excluding carboxylic acids is 1. The summed E-state index contributed by atoms with van der Waals surface area (Å²) < 4.78 is 0. The van der Waals surface area contributed by atoms with Crippen LogP contribution in [0.4, 0.5) is 5.69 Å². The second kappa shape index (κ2) is 8.23. The van der Waals surface area contributed by atoms with Crippen molar-refractivity contribution >= 4 is 22.5 Å². The number of hydrogen-bond donors (Lipinski definition) is 2. The van der Waals surface area contributed by atoms with Crippen molar-refractivity contribution in [2.24, 2.45) is 0 Å². The van der Waals surface area contributed by atoms with Gasteiger partial charge >= 0.3 is 0 Å². The van der Waals surface area contributed by atoms with Gasteiger partial charge in [-0.25, -0.2) is 0 Å². The number of aromatic amines is 1. The SMILES string of the molecule is CC(C)(C)c1cc(=O)[nH]c2cc(NC(=O)Cc3ccc(-c4ccccc4)cc3)ccc12. The van der Waals surface area contributed by atoms with E-state index >= 15 is 0 Å². The molecule has 2 N–H and O–H groups in total. The van der Waals surface area contributed by atoms with Crippen molar-refractivity contribution in [1.29, 1.82) is 0 Å². The van der Waals surface area contributed by atoms with Gasteiger partial charge < -0.3 is 10.3 Å². The zero-order valence-corrected chi connectivity index (χ0v) is 18.0. The number of carbonyl (C=O) groups is 1. The summed E-state index contributed by atoms with van der Waals surface area (Å²) in [5.41, 5.74) is 5.31. The predicted octanol–water partition coefficient (Wildman–Crippen LogP) is 5.67. The smallest absolute Gasteiger partial charge is 0.248 e. The lowest BCUT2D eigenvalue weighted by Crippen LogP contribution is -2.18. The number of nitrogens with one attached hydrogen (secondary N) is 2. The van der Waals surface area contributed by atoms with Crippen LogP contribution in [0.15, 0.2) is 83.7 Å². The first-order chi connectivity index (χ1) is 14.8. The standard InChI is InChI=1S/C27H26N2O2/c1-27(2,3)23-17-26(31)29-24-16-21(13-14-22(23)24)28-25(30)15-18-9-11-20(12-10-18)19-7-5-4-6-8-19/h4-14,16-17H,15H2,1-3H3,(H,28,30)(H,29,31). The number of fused-ring (bicyclic) bond motifs is 1. The minimum Gasteiger partial charge on any atom is -0.326 e. The van der Waals surface area contributed by atoms with E-state index in [1.54, 1.807) is 6.07 Å². The molecule has 0 aliphatic heterocycles. The molecule has 0 aliphatic carbocycles. The lowest BCUT2D eigenvalue weighted by atomic mass is 9.85. The van der Waals surface area contributed by atoms with Crippen LogP contribution in [0.1, 0.15) is 31.9 Å². The number of pyridine rings is 1. The lowest BCUT2D eigenvalue weighted by Gasteiger charge is -2.21. The molecule has 0 spiro atoms. The Kier molecular flexibility index (Phi) is 5.47. The van der Waals surface area contributed by atoms with Gasteiger partial charge in [0.2, 0.25) is 11.5 Å². The maximum Gasteiger partial charge on any atom is 0.248 e. The van der Waals surface area contributed by atoms with Gasteiger partial charge in [0.1, 0.15) is 0 Å². The second-order valence-corrected chi connectivity index (χ2v) is 8.85. The molecule has 0 radical (unpaired) electrons. The minimum absolute atomic E-state index is 0.0962. The molecule has 4 heteroatoms. The third-order valence-corrected chi connectivity index (χ3v) is 5.36. The molecule has 3 aromatic carbocycles. The second-order valence-electron chi connectivity index (χ2n) is 8.85. The van der Waals surface area contributed by atoms with Crippen LogP contribution in [-0.4, -0.2) is 10.9 Å². The Balaban J connectivity index is 1.50. The number of benzene rings is 3. The molecular formula is C27H26N2O2. The van der Waals surface area contributed by atoms with E-state index in [0.717, 1.165) is 33.2 Å². The quantitative estimate of drug-likeness (QED) is 0.455. The Morgan fingerprint density at radius 1 is 0.871 bits per heavy atom. The van der Waals surface area contributed by atoms with Crippen LogP contribution < -0.4 is 10.9 Å². The van der Waals surface area contributed by atoms with Crippen molar-refractivity contribution in [2.45, 2.75) is 32.6 Å². The van der Waals surface area contributed by atoms with E-state index in [9.17, 15) is 9.59 Å². The Labute approximate surface area is 182 Å². The predicted molar refractivity (Wildman–Crippen MR) is 127 cm³/mol. The van der Waals surface area contributed by atoms with Crippen molar-refractivity contribution in [3.05, 3.63) is 100 Å². The van der Waals surface area contributed by atoms with E-state index in [1.165, 1.54) is 0 Å². The van der Waals surface area contributed by atoms with Crippen LogP contribution >= 0.6 is 0 Å². The van der Waals surface area contributed by atoms with E-state index in [1.807, 2.05) is 60.7 Å². The summed E-state index contributed by atoms with van der Waals surface area (Å²) in [4.78, 5) is 27.6. The molecule has 1 aromatic heterocycles. The molecule has 1 heterocycles. The first kappa shape index (κ1) is 20.6. The Morgan fingerprint density at radius 3 is 2.23 bits per heavy atom. The third kappa shape index (κ3) is 4.75. The van der Waals surface area contributed by atoms with E-state index in [4.69, 9.17) is 0 Å². The molecule has 0 fully saturated rings. The van der Waals surface area contributed by atoms with Gasteiger partial charge in [0.25, 0.3) is 0 Å². The van der Waals surface area contributed by atoms with E-state index in [2.05, 4.69) is 43.2 Å². The average Bonchev–Trinajstić information content (AvgIpc) is 2.73. The maximum atomic E-state index is 12.6. The van der Waals surface area contributed by atoms with E-state index in [-0.39, 0.29) is 23.3 Å². The largest absolute Gasteiger partial charge is 0.326 e. The topological polar surface area (TPSA) is 62.0 Å². The summed E-state index contributed by atoms with van der Waals surface area (Å²) in [7, 11) is 0. The van der Waals surface area contributed by atoms with Gasteiger partial charge in [0.05, 0.1) is 11.9 Å². The molecule has 1 amide bonds. The fourth-order valence-electron chi connectivity index (χ4n) is 3.79. The molecule has 156 valence electrons. The van der Waals surface area contributed by atoms with E-state index in [0.29, 0.717) is 5.69 Å². The van der Waals surface area contributed by atoms with Gasteiger partial charge in [-0.15, -0.1) is 0 Å². The number of rotatable bonds is 4. The number of aromatic nitrogens is 1. The van der Waals surface area contributed by atoms with Crippen LogP contribution in [-0.2, 0) is 16.6 Å². The summed E-state index contributed by atoms with van der Waals surface area (Å²) in [6.07, 6.45) is 0.283. The van der Waals surface area contributed by atoms with Crippen molar-refractivity contribution in [2.75, 3.05) is 5.32 Å². The molecule has 4 aromatic rings. The third-order valence-electron chi connectivity index (χ3n) is 5.36. The molecule has 0 saturated heterocycles. The normalized spacial score (nSPS) is 11.5. The van der Waals surface area contributed by atoms with Crippen LogP contribution in [0.25, 0.3) is 22.0 Å². The number of H-pyrrole nitrogens is 1. The summed E-state index contributed by atoms with van der Waals surface area (Å²) in [6, 6.07) is 25.5. The first-order valence-electron chi connectivity index (χ1n) is 10.4. The van der Waals surface area contributed by atoms with Gasteiger partial charge in [0.15, 0.2) is 0 Å². The van der Waals surface area contributed by atoms with Crippen LogP contribution in [0, 0.1) is 0 Å². The van der Waals surface area contributed by atoms with Gasteiger partial charge in [-0.2, -0.15) is 0 Å². The van der Waals surface area contributed by atoms with Crippen LogP contribution in [0.5, 0.6) is 0 Å². The molecule has 0 saturated carbocycles. The molecule has 4 nitrogen and oxygen atoms in total. The van der Waals surface area contributed by atoms with Crippen molar-refractivity contribution < 1.29 is 4.79 Å². The molecule has 31 heavy (non-hydrogen) atoms. The number of anilines is 1. The van der Waals surface area contributed by atoms with E-state index < -0.39 is 0 Å². The first-order valence-corrected chi connectivity index (χ1v) is 10.4. The Bertz CT molecular complexity index is 1280. The zero-order chi connectivity index (χ0) is 22.0. The van der Waals surface area contributed by atoms with Gasteiger partial charge in [0, 0.05) is 17.1 Å². The maximum absolute atomic E-state index is 12.6. The Morgan fingerprint density at radius 2 is 1.55 bits per heavy atom. The fraction of sp³-hybridized carbons (Fsp3) is 0.185. The van der Waals surface area contributed by atoms with Crippen molar-refractivity contribution in [1.82, 2.24) is 4.98 Å². The van der Waals surface area contributed by atoms with Crippen LogP contribution in [0.3, 0.4) is 0 Å². The average molecular weight is 411 g/mol. The summed E-state index contributed by atoms with van der Waals surface area (Å²) in [5, 5.41) is 3.93. The summed E-state index contributed by atoms with van der Waals surface area (Å²) in [5.74, 6) is -0.0962. The highest BCUT2D eigenvalue weighted by atomic mass is 16.1. The van der Waals surface area contributed by atoms with Crippen LogP contribution in [0.2, 0.25) is 0 Å². The molecular weight excluding hydrogens is 384 g/mol. The highest BCUT2D eigenvalue weighted by molar-refractivity contribution is 5.95. The molecule has 4 rings (SSSR count). The number of amides is 1. The lowest BCUT2D eigenvalue weighted by molar-refractivity contribution is -0.115.